The zero-order valence-corrected chi connectivity index (χ0v) is 15.7. The van der Waals surface area contributed by atoms with E-state index in [0.29, 0.717) is 34.0 Å². The number of benzene rings is 2. The van der Waals surface area contributed by atoms with Crippen molar-refractivity contribution >= 4 is 39.1 Å². The van der Waals surface area contributed by atoms with E-state index < -0.39 is 5.82 Å². The summed E-state index contributed by atoms with van der Waals surface area (Å²) in [5.41, 5.74) is 0.887. The maximum absolute atomic E-state index is 13.1. The normalized spacial score (nSPS) is 10.8. The molecule has 1 N–H and O–H groups in total. The van der Waals surface area contributed by atoms with Gasteiger partial charge in [-0.3, -0.25) is 4.79 Å². The zero-order chi connectivity index (χ0) is 17.7. The third-order valence-electron chi connectivity index (χ3n) is 3.32. The maximum Gasteiger partial charge on any atom is 0.255 e. The minimum atomic E-state index is -0.527. The van der Waals surface area contributed by atoms with Gasteiger partial charge in [0.25, 0.3) is 5.91 Å². The van der Waals surface area contributed by atoms with E-state index in [-0.39, 0.29) is 10.9 Å². The van der Waals surface area contributed by atoms with E-state index in [2.05, 4.69) is 35.1 Å². The third-order valence-corrected chi connectivity index (χ3v) is 4.23. The first kappa shape index (κ1) is 18.7. The van der Waals surface area contributed by atoms with E-state index in [4.69, 9.17) is 16.3 Å². The van der Waals surface area contributed by atoms with Crippen LogP contribution in [0.1, 0.15) is 30.6 Å². The SMILES string of the molecule is CC(C)CCOc1ccc(C(=O)Nc2ccc(F)c(Cl)c2)cc1Br. The van der Waals surface area contributed by atoms with Gasteiger partial charge in [0.1, 0.15) is 11.6 Å². The molecule has 0 radical (unpaired) electrons. The lowest BCUT2D eigenvalue weighted by molar-refractivity contribution is 0.102. The fourth-order valence-corrected chi connectivity index (χ4v) is 2.61. The smallest absolute Gasteiger partial charge is 0.255 e. The van der Waals surface area contributed by atoms with Crippen LogP contribution in [-0.2, 0) is 0 Å². The number of rotatable bonds is 6. The second kappa shape index (κ2) is 8.49. The number of carbonyl (C=O) groups is 1. The van der Waals surface area contributed by atoms with Gasteiger partial charge in [0.05, 0.1) is 16.1 Å². The highest BCUT2D eigenvalue weighted by molar-refractivity contribution is 9.10. The van der Waals surface area contributed by atoms with Crippen molar-refractivity contribution in [1.29, 1.82) is 0 Å². The molecule has 0 saturated carbocycles. The average molecular weight is 415 g/mol. The highest BCUT2D eigenvalue weighted by Crippen LogP contribution is 2.27. The van der Waals surface area contributed by atoms with E-state index in [0.717, 1.165) is 6.42 Å². The number of hydrogen-bond donors (Lipinski definition) is 1. The zero-order valence-electron chi connectivity index (χ0n) is 13.4. The van der Waals surface area contributed by atoms with Crippen LogP contribution in [0.15, 0.2) is 40.9 Å². The Balaban J connectivity index is 2.04. The second-order valence-corrected chi connectivity index (χ2v) is 7.02. The summed E-state index contributed by atoms with van der Waals surface area (Å²) in [5, 5.41) is 2.64. The largest absolute Gasteiger partial charge is 0.492 e. The van der Waals surface area contributed by atoms with Crippen molar-refractivity contribution in [2.45, 2.75) is 20.3 Å². The minimum Gasteiger partial charge on any atom is -0.492 e. The van der Waals surface area contributed by atoms with E-state index in [9.17, 15) is 9.18 Å². The van der Waals surface area contributed by atoms with Crippen LogP contribution in [0.5, 0.6) is 5.75 Å². The van der Waals surface area contributed by atoms with Gasteiger partial charge in [0, 0.05) is 11.3 Å². The molecule has 24 heavy (non-hydrogen) atoms. The Labute approximate surface area is 154 Å². The first-order valence-electron chi connectivity index (χ1n) is 7.55. The van der Waals surface area contributed by atoms with Crippen LogP contribution in [0, 0.1) is 11.7 Å². The van der Waals surface area contributed by atoms with Gasteiger partial charge in [-0.05, 0) is 64.7 Å². The summed E-state index contributed by atoms with van der Waals surface area (Å²) in [6.07, 6.45) is 0.958. The van der Waals surface area contributed by atoms with Gasteiger partial charge in [-0.15, -0.1) is 0 Å². The van der Waals surface area contributed by atoms with Gasteiger partial charge in [0.2, 0.25) is 0 Å². The Morgan fingerprint density at radius 2 is 2.04 bits per heavy atom. The van der Waals surface area contributed by atoms with Gasteiger partial charge in [-0.25, -0.2) is 4.39 Å². The van der Waals surface area contributed by atoms with Crippen LogP contribution in [0.4, 0.5) is 10.1 Å². The molecular formula is C18H18BrClFNO2. The Kier molecular flexibility index (Phi) is 6.63. The summed E-state index contributed by atoms with van der Waals surface area (Å²) in [6, 6.07) is 9.14. The van der Waals surface area contributed by atoms with E-state index in [1.807, 2.05) is 0 Å². The predicted octanol–water partition coefficient (Wildman–Crippen LogP) is 5.92. The fraction of sp³-hybridized carbons (Fsp3) is 0.278. The predicted molar refractivity (Wildman–Crippen MR) is 98.5 cm³/mol. The third kappa shape index (κ3) is 5.21. The molecule has 0 aliphatic carbocycles. The van der Waals surface area contributed by atoms with Crippen molar-refractivity contribution in [3.63, 3.8) is 0 Å². The minimum absolute atomic E-state index is 0.0390. The topological polar surface area (TPSA) is 38.3 Å². The molecular weight excluding hydrogens is 397 g/mol. The standard InChI is InChI=1S/C18H18BrClFNO2/c1-11(2)7-8-24-17-6-3-12(9-14(17)19)18(23)22-13-4-5-16(21)15(20)10-13/h3-6,9-11H,7-8H2,1-2H3,(H,22,23). The first-order valence-corrected chi connectivity index (χ1v) is 8.72. The molecule has 1 amide bonds. The van der Waals surface area contributed by atoms with Crippen molar-refractivity contribution in [1.82, 2.24) is 0 Å². The van der Waals surface area contributed by atoms with Gasteiger partial charge < -0.3 is 10.1 Å². The molecule has 0 fully saturated rings. The van der Waals surface area contributed by atoms with Gasteiger partial charge >= 0.3 is 0 Å². The molecule has 2 aromatic carbocycles. The van der Waals surface area contributed by atoms with Crippen molar-refractivity contribution in [2.75, 3.05) is 11.9 Å². The van der Waals surface area contributed by atoms with Crippen molar-refractivity contribution < 1.29 is 13.9 Å². The van der Waals surface area contributed by atoms with Crippen LogP contribution < -0.4 is 10.1 Å². The molecule has 2 rings (SSSR count). The number of carbonyl (C=O) groups excluding carboxylic acids is 1. The molecule has 2 aromatic rings. The number of anilines is 1. The molecule has 3 nitrogen and oxygen atoms in total. The lowest BCUT2D eigenvalue weighted by atomic mass is 10.1. The molecule has 0 heterocycles. The Hall–Kier alpha value is -1.59. The summed E-state index contributed by atoms with van der Waals surface area (Å²) in [6.45, 7) is 4.89. The number of ether oxygens (including phenoxy) is 1. The molecule has 0 unspecified atom stereocenters. The van der Waals surface area contributed by atoms with Gasteiger partial charge in [-0.2, -0.15) is 0 Å². The molecule has 0 bridgehead atoms. The molecule has 6 heteroatoms. The number of hydrogen-bond acceptors (Lipinski definition) is 2. The van der Waals surface area contributed by atoms with Crippen LogP contribution in [0.3, 0.4) is 0 Å². The van der Waals surface area contributed by atoms with Crippen LogP contribution in [-0.4, -0.2) is 12.5 Å². The summed E-state index contributed by atoms with van der Waals surface area (Å²) in [7, 11) is 0. The quantitative estimate of drug-likeness (QED) is 0.637. The first-order chi connectivity index (χ1) is 11.4. The monoisotopic (exact) mass is 413 g/mol. The molecule has 0 aliphatic heterocycles. The van der Waals surface area contributed by atoms with Crippen molar-refractivity contribution in [3.8, 4) is 5.75 Å². The lowest BCUT2D eigenvalue weighted by Gasteiger charge is -2.11. The van der Waals surface area contributed by atoms with Crippen molar-refractivity contribution in [3.05, 3.63) is 57.3 Å². The van der Waals surface area contributed by atoms with E-state index >= 15 is 0 Å². The summed E-state index contributed by atoms with van der Waals surface area (Å²) < 4.78 is 19.5. The van der Waals surface area contributed by atoms with Crippen molar-refractivity contribution in [2.24, 2.45) is 5.92 Å². The summed E-state index contributed by atoms with van der Waals surface area (Å²) >= 11 is 9.12. The second-order valence-electron chi connectivity index (χ2n) is 5.76. The Morgan fingerprint density at radius 3 is 2.67 bits per heavy atom. The molecule has 128 valence electrons. The molecule has 0 aliphatic rings. The molecule has 0 aromatic heterocycles. The lowest BCUT2D eigenvalue weighted by Crippen LogP contribution is -2.12. The maximum atomic E-state index is 13.1. The highest BCUT2D eigenvalue weighted by Gasteiger charge is 2.11. The number of halogens is 3. The highest BCUT2D eigenvalue weighted by atomic mass is 79.9. The average Bonchev–Trinajstić information content (AvgIpc) is 2.52. The van der Waals surface area contributed by atoms with E-state index in [1.165, 1.54) is 18.2 Å². The Bertz CT molecular complexity index is 737. The van der Waals surface area contributed by atoms with E-state index in [1.54, 1.807) is 18.2 Å². The summed E-state index contributed by atoms with van der Waals surface area (Å²) in [5.74, 6) is 0.417. The molecule has 0 atom stereocenters. The number of amides is 1. The fourth-order valence-electron chi connectivity index (χ4n) is 1.94. The van der Waals surface area contributed by atoms with Crippen LogP contribution in [0.2, 0.25) is 5.02 Å². The van der Waals surface area contributed by atoms with Gasteiger partial charge in [-0.1, -0.05) is 25.4 Å². The number of nitrogens with one attached hydrogen (secondary N) is 1. The molecule has 0 spiro atoms. The van der Waals surface area contributed by atoms with Crippen LogP contribution in [0.25, 0.3) is 0 Å². The molecule has 0 saturated heterocycles. The van der Waals surface area contributed by atoms with Crippen LogP contribution >= 0.6 is 27.5 Å². The summed E-state index contributed by atoms with van der Waals surface area (Å²) in [4.78, 5) is 12.3. The van der Waals surface area contributed by atoms with Gasteiger partial charge in [0.15, 0.2) is 0 Å². The Morgan fingerprint density at radius 1 is 1.29 bits per heavy atom.